The average molecular weight is 440 g/mol. The molecule has 3 rings (SSSR count). The van der Waals surface area contributed by atoms with Gasteiger partial charge >= 0.3 is 0 Å². The molecule has 0 fully saturated rings. The van der Waals surface area contributed by atoms with Crippen LogP contribution in [0.4, 0.5) is 29.1 Å². The Balaban J connectivity index is 1.89. The Hall–Kier alpha value is -3.33. The van der Waals surface area contributed by atoms with Gasteiger partial charge in [-0.25, -0.2) is 22.5 Å². The van der Waals surface area contributed by atoms with Gasteiger partial charge < -0.3 is 15.8 Å². The summed E-state index contributed by atoms with van der Waals surface area (Å²) in [7, 11) is 0. The van der Waals surface area contributed by atoms with E-state index < -0.39 is 35.4 Å². The molecule has 1 heterocycles. The fourth-order valence-electron chi connectivity index (χ4n) is 2.68. The molecule has 0 radical (unpaired) electrons. The maximum absolute atomic E-state index is 14.2. The Kier molecular flexibility index (Phi) is 6.41. The maximum Gasteiger partial charge on any atom is 0.293 e. The lowest BCUT2D eigenvalue weighted by Crippen LogP contribution is -2.08. The van der Waals surface area contributed by atoms with E-state index >= 15 is 0 Å². The highest BCUT2D eigenvalue weighted by molar-refractivity contribution is 6.31. The van der Waals surface area contributed by atoms with E-state index in [0.29, 0.717) is 0 Å². The molecule has 30 heavy (non-hydrogen) atoms. The number of anilines is 2. The normalized spacial score (nSPS) is 10.7. The number of rotatable bonds is 7. The van der Waals surface area contributed by atoms with Crippen molar-refractivity contribution in [2.45, 2.75) is 13.2 Å². The van der Waals surface area contributed by atoms with Gasteiger partial charge in [0.05, 0.1) is 22.0 Å². The van der Waals surface area contributed by atoms with Crippen LogP contribution in [0.15, 0.2) is 36.4 Å². The van der Waals surface area contributed by atoms with Gasteiger partial charge in [-0.05, 0) is 36.4 Å². The van der Waals surface area contributed by atoms with Crippen molar-refractivity contribution in [3.05, 3.63) is 75.8 Å². The third-order valence-electron chi connectivity index (χ3n) is 4.23. The lowest BCUT2D eigenvalue weighted by atomic mass is 10.1. The molecule has 0 bridgehead atoms. The Morgan fingerprint density at radius 1 is 1.00 bits per heavy atom. The second kappa shape index (κ2) is 9.00. The van der Waals surface area contributed by atoms with Gasteiger partial charge in [0.25, 0.3) is 6.47 Å². The summed E-state index contributed by atoms with van der Waals surface area (Å²) < 4.78 is 60.3. The number of pyridine rings is 1. The molecule has 0 aliphatic carbocycles. The molecule has 0 unspecified atom stereocenters. The van der Waals surface area contributed by atoms with E-state index in [-0.39, 0.29) is 46.4 Å². The summed E-state index contributed by atoms with van der Waals surface area (Å²) >= 11 is 5.80. The van der Waals surface area contributed by atoms with Crippen LogP contribution >= 0.6 is 11.6 Å². The summed E-state index contributed by atoms with van der Waals surface area (Å²) in [6.45, 7) is -0.697. The Labute approximate surface area is 173 Å². The van der Waals surface area contributed by atoms with E-state index in [1.807, 2.05) is 0 Å². The molecule has 0 saturated carbocycles. The standard InChI is InChI=1S/C20H14ClF4N3O2/c21-19-11(13(22)1-2-14(19)23)7-27-20-17(26)3-4-18(28-20)10-5-15(24)12(8-30-9-29)16(25)6-10/h1-6,9H,7-8,26H2,(H,27,28). The number of hydrogen-bond acceptors (Lipinski definition) is 5. The van der Waals surface area contributed by atoms with Crippen LogP contribution in [0.3, 0.4) is 0 Å². The molecule has 0 spiro atoms. The molecule has 0 saturated heterocycles. The zero-order valence-corrected chi connectivity index (χ0v) is 15.9. The van der Waals surface area contributed by atoms with E-state index in [1.165, 1.54) is 12.1 Å². The van der Waals surface area contributed by atoms with Gasteiger partial charge in [-0.15, -0.1) is 0 Å². The summed E-state index contributed by atoms with van der Waals surface area (Å²) in [6.07, 6.45) is 0. The SMILES string of the molecule is Nc1ccc(-c2cc(F)c(COC=O)c(F)c2)nc1NCc1c(F)ccc(F)c1Cl. The number of carbonyl (C=O) groups excluding carboxylic acids is 1. The third kappa shape index (κ3) is 4.46. The number of nitrogens with two attached hydrogens (primary N) is 1. The van der Waals surface area contributed by atoms with Crippen LogP contribution in [-0.4, -0.2) is 11.5 Å². The number of carbonyl (C=O) groups is 1. The van der Waals surface area contributed by atoms with E-state index in [0.717, 1.165) is 24.3 Å². The van der Waals surface area contributed by atoms with Crippen molar-refractivity contribution in [2.75, 3.05) is 11.1 Å². The Morgan fingerprint density at radius 3 is 2.33 bits per heavy atom. The largest absolute Gasteiger partial charge is 0.463 e. The summed E-state index contributed by atoms with van der Waals surface area (Å²) in [5.41, 5.74) is 5.75. The van der Waals surface area contributed by atoms with Crippen molar-refractivity contribution in [3.8, 4) is 11.3 Å². The second-order valence-corrected chi connectivity index (χ2v) is 6.51. The molecule has 3 N–H and O–H groups in total. The summed E-state index contributed by atoms with van der Waals surface area (Å²) in [5.74, 6) is -3.27. The van der Waals surface area contributed by atoms with Crippen molar-refractivity contribution >= 4 is 29.6 Å². The lowest BCUT2D eigenvalue weighted by molar-refractivity contribution is -0.129. The molecule has 0 aliphatic rings. The van der Waals surface area contributed by atoms with Gasteiger partial charge in [0, 0.05) is 17.7 Å². The molecule has 5 nitrogen and oxygen atoms in total. The fourth-order valence-corrected chi connectivity index (χ4v) is 2.90. The number of aromatic nitrogens is 1. The van der Waals surface area contributed by atoms with Crippen LogP contribution in [-0.2, 0) is 22.7 Å². The quantitative estimate of drug-likeness (QED) is 0.313. The predicted molar refractivity (Wildman–Crippen MR) is 104 cm³/mol. The molecular weight excluding hydrogens is 426 g/mol. The molecule has 3 aromatic rings. The molecule has 2 aromatic carbocycles. The number of halogens is 5. The van der Waals surface area contributed by atoms with Crippen molar-refractivity contribution in [1.29, 1.82) is 0 Å². The number of nitrogens with one attached hydrogen (secondary N) is 1. The van der Waals surface area contributed by atoms with Crippen LogP contribution in [0.5, 0.6) is 0 Å². The Bertz CT molecular complexity index is 1090. The molecular formula is C20H14ClF4N3O2. The van der Waals surface area contributed by atoms with Crippen molar-refractivity contribution in [3.63, 3.8) is 0 Å². The maximum atomic E-state index is 14.2. The zero-order valence-electron chi connectivity index (χ0n) is 15.2. The lowest BCUT2D eigenvalue weighted by Gasteiger charge is -2.13. The van der Waals surface area contributed by atoms with Crippen LogP contribution in [0, 0.1) is 23.3 Å². The van der Waals surface area contributed by atoms with Crippen LogP contribution < -0.4 is 11.1 Å². The number of nitrogens with zero attached hydrogens (tertiary/aromatic N) is 1. The molecule has 0 amide bonds. The fraction of sp³-hybridized carbons (Fsp3) is 0.100. The topological polar surface area (TPSA) is 77.2 Å². The van der Waals surface area contributed by atoms with Gasteiger partial charge in [-0.2, -0.15) is 0 Å². The summed E-state index contributed by atoms with van der Waals surface area (Å²) in [6, 6.07) is 6.77. The zero-order chi connectivity index (χ0) is 21.8. The highest BCUT2D eigenvalue weighted by Crippen LogP contribution is 2.28. The van der Waals surface area contributed by atoms with Crippen LogP contribution in [0.2, 0.25) is 5.02 Å². The number of benzene rings is 2. The smallest absolute Gasteiger partial charge is 0.293 e. The van der Waals surface area contributed by atoms with E-state index in [1.54, 1.807) is 0 Å². The molecule has 0 aliphatic heterocycles. The van der Waals surface area contributed by atoms with Crippen LogP contribution in [0.25, 0.3) is 11.3 Å². The highest BCUT2D eigenvalue weighted by atomic mass is 35.5. The predicted octanol–water partition coefficient (Wildman–Crippen LogP) is 4.83. The van der Waals surface area contributed by atoms with Gasteiger partial charge in [-0.3, -0.25) is 4.79 Å². The van der Waals surface area contributed by atoms with Gasteiger partial charge in [-0.1, -0.05) is 11.6 Å². The van der Waals surface area contributed by atoms with E-state index in [9.17, 15) is 22.4 Å². The second-order valence-electron chi connectivity index (χ2n) is 6.14. The van der Waals surface area contributed by atoms with Gasteiger partial charge in [0.15, 0.2) is 0 Å². The monoisotopic (exact) mass is 439 g/mol. The third-order valence-corrected chi connectivity index (χ3v) is 4.64. The number of hydrogen-bond donors (Lipinski definition) is 2. The van der Waals surface area contributed by atoms with Crippen LogP contribution in [0.1, 0.15) is 11.1 Å². The molecule has 0 atom stereocenters. The first-order valence-corrected chi connectivity index (χ1v) is 8.86. The minimum absolute atomic E-state index is 0.0833. The van der Waals surface area contributed by atoms with E-state index in [2.05, 4.69) is 15.0 Å². The summed E-state index contributed by atoms with van der Waals surface area (Å²) in [5, 5.41) is 2.36. The van der Waals surface area contributed by atoms with Crippen molar-refractivity contribution in [2.24, 2.45) is 0 Å². The first-order chi connectivity index (χ1) is 14.3. The van der Waals surface area contributed by atoms with Gasteiger partial charge in [0.1, 0.15) is 35.7 Å². The number of ether oxygens (including phenoxy) is 1. The van der Waals surface area contributed by atoms with Crippen molar-refractivity contribution in [1.82, 2.24) is 4.98 Å². The minimum atomic E-state index is -0.923. The summed E-state index contributed by atoms with van der Waals surface area (Å²) in [4.78, 5) is 14.4. The molecule has 10 heteroatoms. The first-order valence-electron chi connectivity index (χ1n) is 8.48. The molecule has 1 aromatic heterocycles. The minimum Gasteiger partial charge on any atom is -0.463 e. The average Bonchev–Trinajstić information content (AvgIpc) is 2.71. The number of nitrogen functional groups attached to an aromatic ring is 1. The van der Waals surface area contributed by atoms with Crippen molar-refractivity contribution < 1.29 is 27.1 Å². The van der Waals surface area contributed by atoms with Gasteiger partial charge in [0.2, 0.25) is 0 Å². The molecule has 156 valence electrons. The highest BCUT2D eigenvalue weighted by Gasteiger charge is 2.16. The van der Waals surface area contributed by atoms with E-state index in [4.69, 9.17) is 17.3 Å². The Morgan fingerprint density at radius 2 is 1.67 bits per heavy atom. The first kappa shape index (κ1) is 21.4.